The van der Waals surface area contributed by atoms with Crippen molar-refractivity contribution in [1.82, 2.24) is 15.1 Å². The van der Waals surface area contributed by atoms with Crippen molar-refractivity contribution in [1.29, 1.82) is 0 Å². The molecule has 0 bridgehead atoms. The topological polar surface area (TPSA) is 66.1 Å². The third-order valence-electron chi connectivity index (χ3n) is 6.19. The average molecular weight is 515 g/mol. The van der Waals surface area contributed by atoms with Crippen LogP contribution >= 0.6 is 24.0 Å². The third-order valence-corrected chi connectivity index (χ3v) is 6.19. The Balaban J connectivity index is 0.00000300. The van der Waals surface area contributed by atoms with Crippen molar-refractivity contribution in [2.75, 3.05) is 46.4 Å². The average Bonchev–Trinajstić information content (AvgIpc) is 3.21. The first-order valence-electron chi connectivity index (χ1n) is 10.9. The van der Waals surface area contributed by atoms with E-state index in [0.717, 1.165) is 31.9 Å². The van der Waals surface area contributed by atoms with Crippen molar-refractivity contribution in [2.45, 2.75) is 51.1 Å². The van der Waals surface area contributed by atoms with Crippen LogP contribution in [0.5, 0.6) is 5.75 Å². The number of piperidine rings is 1. The number of ether oxygens (including phenoxy) is 1. The predicted octanol–water partition coefficient (Wildman–Crippen LogP) is 3.23. The molecule has 0 aromatic heterocycles. The summed E-state index contributed by atoms with van der Waals surface area (Å²) >= 11 is 0. The summed E-state index contributed by atoms with van der Waals surface area (Å²) in [5, 5.41) is 3.36. The van der Waals surface area contributed by atoms with Crippen molar-refractivity contribution < 1.29 is 4.74 Å². The van der Waals surface area contributed by atoms with Gasteiger partial charge in [0.2, 0.25) is 0 Å². The number of rotatable bonds is 8. The van der Waals surface area contributed by atoms with Crippen molar-refractivity contribution in [3.63, 3.8) is 0 Å². The molecule has 2 aliphatic rings. The van der Waals surface area contributed by atoms with Gasteiger partial charge >= 0.3 is 0 Å². The maximum absolute atomic E-state index is 6.22. The highest BCUT2D eigenvalue weighted by Gasteiger charge is 2.24. The van der Waals surface area contributed by atoms with Crippen molar-refractivity contribution in [3.05, 3.63) is 29.8 Å². The quantitative estimate of drug-likeness (QED) is 0.316. The molecule has 1 aromatic rings. The van der Waals surface area contributed by atoms with Crippen LogP contribution in [0.25, 0.3) is 0 Å². The number of likely N-dealkylation sites (N-methyl/N-ethyl adjacent to an activating group) is 1. The van der Waals surface area contributed by atoms with Crippen LogP contribution in [0.1, 0.15) is 50.6 Å². The molecule has 1 aromatic carbocycles. The number of nitrogens with one attached hydrogen (secondary N) is 1. The molecule has 2 saturated heterocycles. The van der Waals surface area contributed by atoms with Crippen molar-refractivity contribution in [2.24, 2.45) is 10.7 Å². The summed E-state index contributed by atoms with van der Waals surface area (Å²) in [7, 11) is 1.71. The van der Waals surface area contributed by atoms with E-state index in [1.54, 1.807) is 7.11 Å². The molecule has 3 N–H and O–H groups in total. The summed E-state index contributed by atoms with van der Waals surface area (Å²) in [6.45, 7) is 8.38. The van der Waals surface area contributed by atoms with Crippen molar-refractivity contribution in [3.8, 4) is 5.75 Å². The van der Waals surface area contributed by atoms with E-state index >= 15 is 0 Å². The SMILES string of the molecule is CCN1CCCC1CNC(N)=NCC(c1ccc(OC)cc1)N1CCCCC1.I. The first-order chi connectivity index (χ1) is 13.7. The minimum atomic E-state index is 0. The van der Waals surface area contributed by atoms with Gasteiger partial charge in [0.1, 0.15) is 5.75 Å². The lowest BCUT2D eigenvalue weighted by Crippen LogP contribution is -2.43. The molecule has 0 amide bonds. The minimum Gasteiger partial charge on any atom is -0.497 e. The molecule has 2 aliphatic heterocycles. The predicted molar refractivity (Wildman–Crippen MR) is 131 cm³/mol. The van der Waals surface area contributed by atoms with E-state index in [1.807, 2.05) is 12.1 Å². The molecule has 0 radical (unpaired) electrons. The molecular weight excluding hydrogens is 477 g/mol. The van der Waals surface area contributed by atoms with Crippen molar-refractivity contribution >= 4 is 29.9 Å². The molecule has 164 valence electrons. The van der Waals surface area contributed by atoms with Gasteiger partial charge in [0.05, 0.1) is 19.7 Å². The monoisotopic (exact) mass is 515 g/mol. The molecule has 29 heavy (non-hydrogen) atoms. The van der Waals surface area contributed by atoms with Crippen LogP contribution in [0.3, 0.4) is 0 Å². The smallest absolute Gasteiger partial charge is 0.188 e. The molecular formula is C22H38IN5O. The normalized spacial score (nSPS) is 22.1. The summed E-state index contributed by atoms with van der Waals surface area (Å²) in [6.07, 6.45) is 6.38. The summed E-state index contributed by atoms with van der Waals surface area (Å²) in [5.41, 5.74) is 7.51. The van der Waals surface area contributed by atoms with Gasteiger partial charge in [-0.15, -0.1) is 24.0 Å². The largest absolute Gasteiger partial charge is 0.497 e. The van der Waals surface area contributed by atoms with E-state index in [0.29, 0.717) is 18.5 Å². The lowest BCUT2D eigenvalue weighted by atomic mass is 10.0. The molecule has 0 aliphatic carbocycles. The van der Waals surface area contributed by atoms with E-state index in [1.165, 1.54) is 44.2 Å². The first-order valence-corrected chi connectivity index (χ1v) is 10.9. The molecule has 2 atom stereocenters. The highest BCUT2D eigenvalue weighted by Crippen LogP contribution is 2.26. The van der Waals surface area contributed by atoms with Gasteiger partial charge in [0, 0.05) is 12.6 Å². The first kappa shape index (κ1) is 24.2. The molecule has 2 unspecified atom stereocenters. The zero-order valence-corrected chi connectivity index (χ0v) is 20.3. The van der Waals surface area contributed by atoms with E-state index in [2.05, 4.69) is 34.2 Å². The second-order valence-corrected chi connectivity index (χ2v) is 7.92. The summed E-state index contributed by atoms with van der Waals surface area (Å²) in [6, 6.07) is 9.25. The Bertz CT molecular complexity index is 618. The van der Waals surface area contributed by atoms with Crippen LogP contribution in [0.15, 0.2) is 29.3 Å². The molecule has 2 fully saturated rings. The molecule has 0 saturated carbocycles. The number of halogens is 1. The van der Waals surface area contributed by atoms with E-state index in [4.69, 9.17) is 15.5 Å². The molecule has 0 spiro atoms. The Hall–Kier alpha value is -1.06. The third kappa shape index (κ3) is 7.00. The number of likely N-dealkylation sites (tertiary alicyclic amines) is 2. The Labute approximate surface area is 193 Å². The zero-order valence-electron chi connectivity index (χ0n) is 18.0. The molecule has 6 nitrogen and oxygen atoms in total. The Morgan fingerprint density at radius 3 is 2.55 bits per heavy atom. The van der Waals surface area contributed by atoms with Crippen LogP contribution in [-0.4, -0.2) is 68.2 Å². The maximum atomic E-state index is 6.22. The van der Waals surface area contributed by atoms with Crippen LogP contribution < -0.4 is 15.8 Å². The van der Waals surface area contributed by atoms with Gasteiger partial charge in [-0.2, -0.15) is 0 Å². The van der Waals surface area contributed by atoms with Crippen LogP contribution in [0, 0.1) is 0 Å². The van der Waals surface area contributed by atoms with Crippen LogP contribution in [0.4, 0.5) is 0 Å². The molecule has 7 heteroatoms. The number of nitrogens with zero attached hydrogens (tertiary/aromatic N) is 3. The number of guanidine groups is 1. The fraction of sp³-hybridized carbons (Fsp3) is 0.682. The number of methoxy groups -OCH3 is 1. The Kier molecular flexibility index (Phi) is 10.5. The van der Waals surface area contributed by atoms with Crippen LogP contribution in [-0.2, 0) is 0 Å². The van der Waals surface area contributed by atoms with Gasteiger partial charge in [-0.3, -0.25) is 14.8 Å². The van der Waals surface area contributed by atoms with Gasteiger partial charge in [0.25, 0.3) is 0 Å². The number of aliphatic imine (C=N–C) groups is 1. The maximum Gasteiger partial charge on any atom is 0.188 e. The summed E-state index contributed by atoms with van der Waals surface area (Å²) in [5.74, 6) is 1.46. The highest BCUT2D eigenvalue weighted by molar-refractivity contribution is 14.0. The van der Waals surface area contributed by atoms with Crippen LogP contribution in [0.2, 0.25) is 0 Å². The lowest BCUT2D eigenvalue weighted by molar-refractivity contribution is 0.167. The van der Waals surface area contributed by atoms with E-state index in [-0.39, 0.29) is 30.0 Å². The van der Waals surface area contributed by atoms with E-state index in [9.17, 15) is 0 Å². The number of nitrogens with two attached hydrogens (primary N) is 1. The van der Waals surface area contributed by atoms with E-state index < -0.39 is 0 Å². The zero-order chi connectivity index (χ0) is 19.8. The number of hydrogen-bond acceptors (Lipinski definition) is 4. The summed E-state index contributed by atoms with van der Waals surface area (Å²) in [4.78, 5) is 9.80. The second-order valence-electron chi connectivity index (χ2n) is 7.92. The minimum absolute atomic E-state index is 0. The fourth-order valence-electron chi connectivity index (χ4n) is 4.49. The summed E-state index contributed by atoms with van der Waals surface area (Å²) < 4.78 is 5.32. The van der Waals surface area contributed by atoms with Gasteiger partial charge in [-0.05, 0) is 69.6 Å². The lowest BCUT2D eigenvalue weighted by Gasteiger charge is -2.34. The fourth-order valence-corrected chi connectivity index (χ4v) is 4.49. The number of benzene rings is 1. The Morgan fingerprint density at radius 1 is 1.17 bits per heavy atom. The number of hydrogen-bond donors (Lipinski definition) is 2. The molecule has 3 rings (SSSR count). The van der Waals surface area contributed by atoms with Gasteiger partial charge < -0.3 is 15.8 Å². The van der Waals surface area contributed by atoms with Gasteiger partial charge in [-0.25, -0.2) is 0 Å². The van der Waals surface area contributed by atoms with Gasteiger partial charge in [-0.1, -0.05) is 25.5 Å². The second kappa shape index (κ2) is 12.6. The standard InChI is InChI=1S/C22H37N5O.HI/c1-3-26-15-7-8-19(26)16-24-22(23)25-17-21(27-13-5-4-6-14-27)18-9-11-20(28-2)12-10-18;/h9-12,19,21H,3-8,13-17H2,1-2H3,(H3,23,24,25);1H. The molecule has 2 heterocycles. The highest BCUT2D eigenvalue weighted by atomic mass is 127. The van der Waals surface area contributed by atoms with Gasteiger partial charge in [0.15, 0.2) is 5.96 Å². The Morgan fingerprint density at radius 2 is 1.90 bits per heavy atom.